The molecule has 1 amide bonds. The summed E-state index contributed by atoms with van der Waals surface area (Å²) in [6.07, 6.45) is 2.64. The first-order valence-corrected chi connectivity index (χ1v) is 6.60. The average molecular weight is 272 g/mol. The van der Waals surface area contributed by atoms with Gasteiger partial charge in [-0.2, -0.15) is 5.10 Å². The quantitative estimate of drug-likeness (QED) is 0.914. The van der Waals surface area contributed by atoms with Crippen LogP contribution in [0.4, 0.5) is 0 Å². The number of hydrogen-bond donors (Lipinski definition) is 1. The molecule has 2 rings (SSSR count). The molecule has 0 aliphatic carbocycles. The molecule has 0 aliphatic heterocycles. The molecule has 0 atom stereocenters. The maximum absolute atomic E-state index is 11.9. The van der Waals surface area contributed by atoms with Crippen molar-refractivity contribution < 1.29 is 4.79 Å². The maximum Gasteiger partial charge on any atom is 0.273 e. The van der Waals surface area contributed by atoms with E-state index in [0.717, 1.165) is 17.7 Å². The molecule has 0 radical (unpaired) electrons. The highest BCUT2D eigenvalue weighted by Crippen LogP contribution is 2.16. The van der Waals surface area contributed by atoms with E-state index >= 15 is 0 Å². The van der Waals surface area contributed by atoms with E-state index in [-0.39, 0.29) is 5.91 Å². The molecule has 0 bridgehead atoms. The van der Waals surface area contributed by atoms with Crippen molar-refractivity contribution in [1.82, 2.24) is 14.7 Å². The Balaban J connectivity index is 2.36. The largest absolute Gasteiger partial charge is 0.343 e. The minimum atomic E-state index is -0.0977. The van der Waals surface area contributed by atoms with Crippen LogP contribution in [0.25, 0.3) is 5.69 Å². The van der Waals surface area contributed by atoms with Gasteiger partial charge in [0.05, 0.1) is 5.69 Å². The van der Waals surface area contributed by atoms with Gasteiger partial charge in [0.1, 0.15) is 0 Å². The SMILES string of the molecule is Cc1ccc(CCN)cc1-n1ccc(C(=O)N(C)C)n1. The maximum atomic E-state index is 11.9. The van der Waals surface area contributed by atoms with Crippen LogP contribution in [-0.4, -0.2) is 41.2 Å². The van der Waals surface area contributed by atoms with Gasteiger partial charge in [-0.25, -0.2) is 4.68 Å². The number of rotatable bonds is 4. The molecule has 0 unspecified atom stereocenters. The Morgan fingerprint density at radius 1 is 1.35 bits per heavy atom. The first-order valence-electron chi connectivity index (χ1n) is 6.60. The fourth-order valence-electron chi connectivity index (χ4n) is 2.03. The van der Waals surface area contributed by atoms with E-state index in [4.69, 9.17) is 5.73 Å². The van der Waals surface area contributed by atoms with Gasteiger partial charge in [-0.3, -0.25) is 4.79 Å². The molecule has 2 aromatic rings. The van der Waals surface area contributed by atoms with Crippen molar-refractivity contribution in [2.24, 2.45) is 5.73 Å². The zero-order valence-electron chi connectivity index (χ0n) is 12.1. The molecule has 2 N–H and O–H groups in total. The summed E-state index contributed by atoms with van der Waals surface area (Å²) in [6.45, 7) is 2.64. The minimum absolute atomic E-state index is 0.0977. The van der Waals surface area contributed by atoms with Crippen molar-refractivity contribution >= 4 is 5.91 Å². The van der Waals surface area contributed by atoms with Crippen LogP contribution in [0, 0.1) is 6.92 Å². The third kappa shape index (κ3) is 2.88. The van der Waals surface area contributed by atoms with Crippen LogP contribution in [0.1, 0.15) is 21.6 Å². The minimum Gasteiger partial charge on any atom is -0.343 e. The normalized spacial score (nSPS) is 10.6. The van der Waals surface area contributed by atoms with Crippen molar-refractivity contribution in [2.45, 2.75) is 13.3 Å². The number of hydrogen-bond acceptors (Lipinski definition) is 3. The van der Waals surface area contributed by atoms with Gasteiger partial charge in [0.2, 0.25) is 0 Å². The van der Waals surface area contributed by atoms with Gasteiger partial charge in [-0.1, -0.05) is 12.1 Å². The first-order chi connectivity index (χ1) is 9.52. The highest BCUT2D eigenvalue weighted by molar-refractivity contribution is 5.91. The molecule has 0 fully saturated rings. The first kappa shape index (κ1) is 14.3. The van der Waals surface area contributed by atoms with Crippen molar-refractivity contribution in [3.63, 3.8) is 0 Å². The summed E-state index contributed by atoms with van der Waals surface area (Å²) in [5.74, 6) is -0.0977. The zero-order chi connectivity index (χ0) is 14.7. The zero-order valence-corrected chi connectivity index (χ0v) is 12.1. The number of aromatic nitrogens is 2. The lowest BCUT2D eigenvalue weighted by molar-refractivity contribution is 0.0821. The van der Waals surface area contributed by atoms with Crippen LogP contribution in [0.2, 0.25) is 0 Å². The summed E-state index contributed by atoms with van der Waals surface area (Å²) in [6, 6.07) is 7.92. The molecule has 0 saturated heterocycles. The molecule has 0 saturated carbocycles. The third-order valence-electron chi connectivity index (χ3n) is 3.17. The number of amides is 1. The van der Waals surface area contributed by atoms with Gasteiger partial charge in [0.15, 0.2) is 5.69 Å². The highest BCUT2D eigenvalue weighted by Gasteiger charge is 2.12. The van der Waals surface area contributed by atoms with Crippen molar-refractivity contribution in [1.29, 1.82) is 0 Å². The van der Waals surface area contributed by atoms with E-state index < -0.39 is 0 Å². The van der Waals surface area contributed by atoms with Crippen LogP contribution in [0.15, 0.2) is 30.5 Å². The summed E-state index contributed by atoms with van der Waals surface area (Å²) in [4.78, 5) is 13.4. The molecule has 0 aliphatic rings. The molecule has 1 aromatic carbocycles. The van der Waals surface area contributed by atoms with Crippen molar-refractivity contribution in [2.75, 3.05) is 20.6 Å². The molecular formula is C15H20N4O. The lowest BCUT2D eigenvalue weighted by atomic mass is 10.1. The van der Waals surface area contributed by atoms with Crippen LogP contribution in [0.5, 0.6) is 0 Å². The smallest absolute Gasteiger partial charge is 0.273 e. The molecule has 1 heterocycles. The number of carbonyl (C=O) groups excluding carboxylic acids is 1. The Morgan fingerprint density at radius 2 is 2.10 bits per heavy atom. The Kier molecular flexibility index (Phi) is 4.20. The van der Waals surface area contributed by atoms with Gasteiger partial charge in [-0.05, 0) is 43.1 Å². The standard InChI is InChI=1S/C15H20N4O/c1-11-4-5-12(6-8-16)10-14(11)19-9-7-13(17-19)15(20)18(2)3/h4-5,7,9-10H,6,8,16H2,1-3H3. The summed E-state index contributed by atoms with van der Waals surface area (Å²) in [7, 11) is 3.43. The summed E-state index contributed by atoms with van der Waals surface area (Å²) < 4.78 is 1.74. The van der Waals surface area contributed by atoms with E-state index in [1.807, 2.05) is 13.1 Å². The molecule has 20 heavy (non-hydrogen) atoms. The second-order valence-corrected chi connectivity index (χ2v) is 5.00. The molecule has 106 valence electrons. The predicted octanol–water partition coefficient (Wildman–Crippen LogP) is 1.38. The lowest BCUT2D eigenvalue weighted by Crippen LogP contribution is -2.22. The molecule has 0 spiro atoms. The van der Waals surface area contributed by atoms with Crippen LogP contribution in [0.3, 0.4) is 0 Å². The molecule has 1 aromatic heterocycles. The fourth-order valence-corrected chi connectivity index (χ4v) is 2.03. The Bertz CT molecular complexity index is 616. The number of carbonyl (C=O) groups is 1. The van der Waals surface area contributed by atoms with Crippen molar-refractivity contribution in [3.05, 3.63) is 47.3 Å². The predicted molar refractivity (Wildman–Crippen MR) is 79.1 cm³/mol. The topological polar surface area (TPSA) is 64.2 Å². The van der Waals surface area contributed by atoms with Crippen molar-refractivity contribution in [3.8, 4) is 5.69 Å². The summed E-state index contributed by atoms with van der Waals surface area (Å²) >= 11 is 0. The third-order valence-corrected chi connectivity index (χ3v) is 3.17. The molecular weight excluding hydrogens is 252 g/mol. The number of benzene rings is 1. The van der Waals surface area contributed by atoms with E-state index in [2.05, 4.69) is 23.3 Å². The van der Waals surface area contributed by atoms with Gasteiger partial charge in [-0.15, -0.1) is 0 Å². The Labute approximate surface area is 119 Å². The van der Waals surface area contributed by atoms with Gasteiger partial charge < -0.3 is 10.6 Å². The van der Waals surface area contributed by atoms with E-state index in [9.17, 15) is 4.79 Å². The van der Waals surface area contributed by atoms with Crippen LogP contribution >= 0.6 is 0 Å². The van der Waals surface area contributed by atoms with E-state index in [1.54, 1.807) is 24.8 Å². The number of nitrogens with two attached hydrogens (primary N) is 1. The van der Waals surface area contributed by atoms with Gasteiger partial charge in [0, 0.05) is 20.3 Å². The second kappa shape index (κ2) is 5.88. The van der Waals surface area contributed by atoms with Crippen LogP contribution in [-0.2, 0) is 6.42 Å². The lowest BCUT2D eigenvalue weighted by Gasteiger charge is -2.09. The molecule has 5 nitrogen and oxygen atoms in total. The second-order valence-electron chi connectivity index (χ2n) is 5.00. The Hall–Kier alpha value is -2.14. The van der Waals surface area contributed by atoms with Gasteiger partial charge >= 0.3 is 0 Å². The summed E-state index contributed by atoms with van der Waals surface area (Å²) in [5.41, 5.74) is 9.29. The average Bonchev–Trinajstić information content (AvgIpc) is 2.89. The Morgan fingerprint density at radius 3 is 2.75 bits per heavy atom. The monoisotopic (exact) mass is 272 g/mol. The highest BCUT2D eigenvalue weighted by atomic mass is 16.2. The van der Waals surface area contributed by atoms with E-state index in [0.29, 0.717) is 12.2 Å². The van der Waals surface area contributed by atoms with Crippen LogP contribution < -0.4 is 5.73 Å². The summed E-state index contributed by atoms with van der Waals surface area (Å²) in [5, 5.41) is 4.36. The van der Waals surface area contributed by atoms with E-state index in [1.165, 1.54) is 10.5 Å². The number of nitrogens with zero attached hydrogens (tertiary/aromatic N) is 3. The molecule has 5 heteroatoms. The van der Waals surface area contributed by atoms with Gasteiger partial charge in [0.25, 0.3) is 5.91 Å². The fraction of sp³-hybridized carbons (Fsp3) is 0.333. The number of aryl methyl sites for hydroxylation is 1.